The average molecular weight is 277 g/mol. The van der Waals surface area contributed by atoms with E-state index in [2.05, 4.69) is 23.1 Å². The number of aliphatic hydroxyl groups excluding tert-OH is 1. The van der Waals surface area contributed by atoms with E-state index in [4.69, 9.17) is 0 Å². The summed E-state index contributed by atoms with van der Waals surface area (Å²) in [5, 5.41) is 14.7. The summed E-state index contributed by atoms with van der Waals surface area (Å²) in [7, 11) is 0. The molecule has 20 heavy (non-hydrogen) atoms. The van der Waals surface area contributed by atoms with Crippen molar-refractivity contribution in [1.29, 1.82) is 0 Å². The largest absolute Gasteiger partial charge is 0.393 e. The number of nitrogens with zero attached hydrogens (tertiary/aromatic N) is 3. The van der Waals surface area contributed by atoms with E-state index in [1.165, 1.54) is 44.2 Å². The van der Waals surface area contributed by atoms with E-state index < -0.39 is 0 Å². The molecule has 1 aliphatic carbocycles. The monoisotopic (exact) mass is 277 g/mol. The molecular formula is C16H27N3O. The minimum absolute atomic E-state index is 0.0762. The first kappa shape index (κ1) is 14.1. The van der Waals surface area contributed by atoms with E-state index in [1.807, 2.05) is 10.9 Å². The first-order valence-electron chi connectivity index (χ1n) is 8.21. The van der Waals surface area contributed by atoms with Crippen LogP contribution in [0.1, 0.15) is 51.0 Å². The van der Waals surface area contributed by atoms with Gasteiger partial charge in [0.2, 0.25) is 0 Å². The van der Waals surface area contributed by atoms with Crippen LogP contribution in [0.2, 0.25) is 0 Å². The minimum Gasteiger partial charge on any atom is -0.393 e. The second kappa shape index (κ2) is 6.27. The van der Waals surface area contributed by atoms with Crippen LogP contribution in [0, 0.1) is 5.92 Å². The average Bonchev–Trinajstić information content (AvgIpc) is 3.09. The standard InChI is InChI=1S/C16H27N3O/c1-2-19-12-13(10-17-19)11-18-9-5-7-15(18)14-6-3-4-8-16(14)20/h10,12,14-16,20H,2-9,11H2,1H3. The molecular weight excluding hydrogens is 250 g/mol. The molecule has 0 amide bonds. The van der Waals surface area contributed by atoms with Crippen molar-refractivity contribution in [2.75, 3.05) is 6.54 Å². The number of aromatic nitrogens is 2. The highest BCUT2D eigenvalue weighted by molar-refractivity contribution is 5.05. The van der Waals surface area contributed by atoms with Crippen LogP contribution in [0.4, 0.5) is 0 Å². The van der Waals surface area contributed by atoms with Crippen LogP contribution in [-0.4, -0.2) is 38.5 Å². The van der Waals surface area contributed by atoms with Crippen molar-refractivity contribution >= 4 is 0 Å². The highest BCUT2D eigenvalue weighted by Gasteiger charge is 2.36. The predicted octanol–water partition coefficient (Wildman–Crippen LogP) is 2.42. The van der Waals surface area contributed by atoms with E-state index >= 15 is 0 Å². The maximum absolute atomic E-state index is 10.3. The third-order valence-corrected chi connectivity index (χ3v) is 5.09. The Morgan fingerprint density at radius 2 is 2.10 bits per heavy atom. The van der Waals surface area contributed by atoms with Gasteiger partial charge in [0.1, 0.15) is 0 Å². The molecule has 1 N–H and O–H groups in total. The molecule has 1 aromatic heterocycles. The zero-order chi connectivity index (χ0) is 13.9. The summed E-state index contributed by atoms with van der Waals surface area (Å²) in [4.78, 5) is 2.58. The maximum atomic E-state index is 10.3. The summed E-state index contributed by atoms with van der Waals surface area (Å²) in [6, 6.07) is 0.579. The summed E-state index contributed by atoms with van der Waals surface area (Å²) in [5.41, 5.74) is 1.31. The first-order chi connectivity index (χ1) is 9.78. The number of hydrogen-bond donors (Lipinski definition) is 1. The van der Waals surface area contributed by atoms with Crippen LogP contribution in [0.15, 0.2) is 12.4 Å². The molecule has 112 valence electrons. The van der Waals surface area contributed by atoms with Crippen molar-refractivity contribution in [2.45, 2.75) is 70.7 Å². The molecule has 0 aromatic carbocycles. The van der Waals surface area contributed by atoms with Gasteiger partial charge in [-0.05, 0) is 39.2 Å². The fourth-order valence-electron chi connectivity index (χ4n) is 4.02. The minimum atomic E-state index is -0.0762. The molecule has 2 fully saturated rings. The Morgan fingerprint density at radius 1 is 1.25 bits per heavy atom. The van der Waals surface area contributed by atoms with Gasteiger partial charge in [0, 0.05) is 36.8 Å². The molecule has 2 aliphatic rings. The van der Waals surface area contributed by atoms with Crippen molar-refractivity contribution in [3.05, 3.63) is 18.0 Å². The van der Waals surface area contributed by atoms with Crippen LogP contribution in [0.5, 0.6) is 0 Å². The zero-order valence-corrected chi connectivity index (χ0v) is 12.5. The molecule has 2 heterocycles. The van der Waals surface area contributed by atoms with Gasteiger partial charge in [-0.15, -0.1) is 0 Å². The lowest BCUT2D eigenvalue weighted by atomic mass is 9.80. The summed E-state index contributed by atoms with van der Waals surface area (Å²) in [6.45, 7) is 5.22. The molecule has 3 rings (SSSR count). The summed E-state index contributed by atoms with van der Waals surface area (Å²) >= 11 is 0. The van der Waals surface area contributed by atoms with E-state index in [0.29, 0.717) is 12.0 Å². The van der Waals surface area contributed by atoms with E-state index in [-0.39, 0.29) is 6.10 Å². The summed E-state index contributed by atoms with van der Waals surface area (Å²) in [6.07, 6.45) is 11.3. The van der Waals surface area contributed by atoms with Crippen molar-refractivity contribution in [2.24, 2.45) is 5.92 Å². The van der Waals surface area contributed by atoms with Gasteiger partial charge in [-0.3, -0.25) is 9.58 Å². The van der Waals surface area contributed by atoms with Gasteiger partial charge in [-0.2, -0.15) is 5.10 Å². The van der Waals surface area contributed by atoms with Crippen LogP contribution >= 0.6 is 0 Å². The Morgan fingerprint density at radius 3 is 2.85 bits per heavy atom. The van der Waals surface area contributed by atoms with Crippen LogP contribution < -0.4 is 0 Å². The lowest BCUT2D eigenvalue weighted by Gasteiger charge is -2.37. The molecule has 3 atom stereocenters. The molecule has 3 unspecified atom stereocenters. The van der Waals surface area contributed by atoms with Crippen molar-refractivity contribution in [3.63, 3.8) is 0 Å². The molecule has 4 nitrogen and oxygen atoms in total. The maximum Gasteiger partial charge on any atom is 0.0583 e. The van der Waals surface area contributed by atoms with Gasteiger partial charge in [0.05, 0.1) is 12.3 Å². The molecule has 0 bridgehead atoms. The Hall–Kier alpha value is -0.870. The van der Waals surface area contributed by atoms with E-state index in [1.54, 1.807) is 0 Å². The fraction of sp³-hybridized carbons (Fsp3) is 0.812. The van der Waals surface area contributed by atoms with Crippen LogP contribution in [0.25, 0.3) is 0 Å². The second-order valence-electron chi connectivity index (χ2n) is 6.40. The molecule has 1 aliphatic heterocycles. The number of aryl methyl sites for hydroxylation is 1. The Labute approximate surface area is 121 Å². The van der Waals surface area contributed by atoms with Gasteiger partial charge in [-0.1, -0.05) is 12.8 Å². The van der Waals surface area contributed by atoms with Crippen LogP contribution in [-0.2, 0) is 13.1 Å². The fourth-order valence-corrected chi connectivity index (χ4v) is 4.02. The Kier molecular flexibility index (Phi) is 4.41. The van der Waals surface area contributed by atoms with E-state index in [9.17, 15) is 5.11 Å². The molecule has 0 radical (unpaired) electrons. The van der Waals surface area contributed by atoms with Crippen molar-refractivity contribution < 1.29 is 5.11 Å². The third-order valence-electron chi connectivity index (χ3n) is 5.09. The smallest absolute Gasteiger partial charge is 0.0583 e. The molecule has 1 saturated carbocycles. The third kappa shape index (κ3) is 2.91. The molecule has 1 saturated heterocycles. The Bertz CT molecular complexity index is 431. The first-order valence-corrected chi connectivity index (χ1v) is 8.21. The summed E-state index contributed by atoms with van der Waals surface area (Å²) in [5.74, 6) is 0.493. The quantitative estimate of drug-likeness (QED) is 0.919. The lowest BCUT2D eigenvalue weighted by Crippen LogP contribution is -2.42. The van der Waals surface area contributed by atoms with Crippen molar-refractivity contribution in [1.82, 2.24) is 14.7 Å². The zero-order valence-electron chi connectivity index (χ0n) is 12.5. The van der Waals surface area contributed by atoms with Gasteiger partial charge >= 0.3 is 0 Å². The molecule has 4 heteroatoms. The SMILES string of the molecule is CCn1cc(CN2CCCC2C2CCCCC2O)cn1. The van der Waals surface area contributed by atoms with Crippen LogP contribution in [0.3, 0.4) is 0 Å². The Balaban J connectivity index is 1.65. The van der Waals surface area contributed by atoms with E-state index in [0.717, 1.165) is 19.5 Å². The number of likely N-dealkylation sites (tertiary alicyclic amines) is 1. The normalized spacial score (nSPS) is 31.8. The number of aliphatic hydroxyl groups is 1. The molecule has 0 spiro atoms. The topological polar surface area (TPSA) is 41.3 Å². The van der Waals surface area contributed by atoms with Gasteiger partial charge in [0.25, 0.3) is 0 Å². The number of hydrogen-bond acceptors (Lipinski definition) is 3. The predicted molar refractivity (Wildman–Crippen MR) is 79.3 cm³/mol. The highest BCUT2D eigenvalue weighted by atomic mass is 16.3. The summed E-state index contributed by atoms with van der Waals surface area (Å²) < 4.78 is 2.00. The lowest BCUT2D eigenvalue weighted by molar-refractivity contribution is 0.0201. The van der Waals surface area contributed by atoms with Gasteiger partial charge < -0.3 is 5.11 Å². The van der Waals surface area contributed by atoms with Gasteiger partial charge in [-0.25, -0.2) is 0 Å². The van der Waals surface area contributed by atoms with Gasteiger partial charge in [0.15, 0.2) is 0 Å². The molecule has 1 aromatic rings. The number of rotatable bonds is 4. The highest BCUT2D eigenvalue weighted by Crippen LogP contribution is 2.35. The second-order valence-corrected chi connectivity index (χ2v) is 6.40. The van der Waals surface area contributed by atoms with Crippen molar-refractivity contribution in [3.8, 4) is 0 Å².